The number of carboxylic acid groups (broad SMARTS) is 1. The van der Waals surface area contributed by atoms with E-state index in [9.17, 15) is 9.90 Å². The van der Waals surface area contributed by atoms with Crippen molar-refractivity contribution in [1.82, 2.24) is 20.2 Å². The molecule has 112 valence electrons. The summed E-state index contributed by atoms with van der Waals surface area (Å²) in [5.74, 6) is -1.18. The number of nitrogens with one attached hydrogen (secondary N) is 2. The highest BCUT2D eigenvalue weighted by Gasteiger charge is 2.26. The first kappa shape index (κ1) is 14.0. The Kier molecular flexibility index (Phi) is 3.69. The van der Waals surface area contributed by atoms with Gasteiger partial charge in [0.2, 0.25) is 5.95 Å². The number of rotatable bonds is 5. The summed E-state index contributed by atoms with van der Waals surface area (Å²) in [5, 5.41) is 20.0. The van der Waals surface area contributed by atoms with Gasteiger partial charge in [-0.2, -0.15) is 10.1 Å². The Balaban J connectivity index is 1.93. The van der Waals surface area contributed by atoms with E-state index in [0.717, 1.165) is 10.9 Å². The van der Waals surface area contributed by atoms with Crippen LogP contribution in [0.25, 0.3) is 11.0 Å². The molecule has 7 heteroatoms. The Morgan fingerprint density at radius 3 is 2.82 bits per heavy atom. The highest BCUT2D eigenvalue weighted by Crippen LogP contribution is 2.26. The number of aliphatic carboxylic acids is 1. The van der Waals surface area contributed by atoms with E-state index < -0.39 is 17.9 Å². The molecule has 2 heterocycles. The smallest absolute Gasteiger partial charge is 0.308 e. The van der Waals surface area contributed by atoms with Crippen molar-refractivity contribution in [2.24, 2.45) is 5.92 Å². The van der Waals surface area contributed by atoms with Gasteiger partial charge in [0.15, 0.2) is 5.65 Å². The Labute approximate surface area is 126 Å². The first-order valence-corrected chi connectivity index (χ1v) is 6.86. The first-order chi connectivity index (χ1) is 10.6. The topological polar surface area (TPSA) is 104 Å². The fourth-order valence-electron chi connectivity index (χ4n) is 2.25. The first-order valence-electron chi connectivity index (χ1n) is 6.86. The van der Waals surface area contributed by atoms with E-state index in [4.69, 9.17) is 0 Å². The number of hydrogen-bond acceptors (Lipinski definition) is 5. The number of carbonyl (C=O) groups is 1. The molecule has 3 aromatic rings. The van der Waals surface area contributed by atoms with Crippen LogP contribution < -0.4 is 5.32 Å². The second-order valence-electron chi connectivity index (χ2n) is 5.02. The van der Waals surface area contributed by atoms with Crippen molar-refractivity contribution in [3.8, 4) is 0 Å². The van der Waals surface area contributed by atoms with Crippen LogP contribution in [0.15, 0.2) is 42.7 Å². The van der Waals surface area contributed by atoms with Crippen molar-refractivity contribution in [2.75, 3.05) is 5.32 Å². The Bertz CT molecular complexity index is 787. The number of H-pyrrole nitrogens is 1. The number of hydrogen-bond donors (Lipinski definition) is 3. The third kappa shape index (κ3) is 2.73. The highest BCUT2D eigenvalue weighted by molar-refractivity contribution is 5.74. The lowest BCUT2D eigenvalue weighted by Gasteiger charge is -2.22. The summed E-state index contributed by atoms with van der Waals surface area (Å²) in [6.07, 6.45) is 3.34. The predicted octanol–water partition coefficient (Wildman–Crippen LogP) is 2.23. The Morgan fingerprint density at radius 1 is 1.32 bits per heavy atom. The average Bonchev–Trinajstić information content (AvgIpc) is 3.00. The molecule has 2 unspecified atom stereocenters. The molecule has 0 spiro atoms. The number of nitrogens with zero attached hydrogens (tertiary/aromatic N) is 3. The van der Waals surface area contributed by atoms with Crippen LogP contribution in [0.4, 0.5) is 5.95 Å². The molecule has 0 aliphatic carbocycles. The molecule has 0 aliphatic rings. The Hall–Kier alpha value is -2.96. The third-order valence-electron chi connectivity index (χ3n) is 3.52. The number of aromatic nitrogens is 4. The summed E-state index contributed by atoms with van der Waals surface area (Å²) in [4.78, 5) is 19.9. The number of fused-ring (bicyclic) bond motifs is 1. The van der Waals surface area contributed by atoms with Crippen molar-refractivity contribution in [2.45, 2.75) is 13.0 Å². The summed E-state index contributed by atoms with van der Waals surface area (Å²) in [7, 11) is 0. The van der Waals surface area contributed by atoms with Crippen LogP contribution in [0, 0.1) is 5.92 Å². The Morgan fingerprint density at radius 2 is 2.09 bits per heavy atom. The van der Waals surface area contributed by atoms with Crippen molar-refractivity contribution in [3.05, 3.63) is 48.3 Å². The van der Waals surface area contributed by atoms with E-state index >= 15 is 0 Å². The lowest BCUT2D eigenvalue weighted by molar-refractivity contribution is -0.141. The average molecular weight is 297 g/mol. The van der Waals surface area contributed by atoms with Gasteiger partial charge in [0.05, 0.1) is 17.3 Å². The molecule has 0 saturated heterocycles. The molecule has 0 aliphatic heterocycles. The maximum atomic E-state index is 11.4. The summed E-state index contributed by atoms with van der Waals surface area (Å²) in [6, 6.07) is 8.95. The number of aromatic amines is 1. The largest absolute Gasteiger partial charge is 0.481 e. The maximum absolute atomic E-state index is 11.4. The van der Waals surface area contributed by atoms with E-state index in [1.54, 1.807) is 19.3 Å². The van der Waals surface area contributed by atoms with Gasteiger partial charge in [0, 0.05) is 12.4 Å². The molecular formula is C15H15N5O2. The summed E-state index contributed by atoms with van der Waals surface area (Å²) in [5.41, 5.74) is 1.40. The fraction of sp³-hybridized carbons (Fsp3) is 0.200. The van der Waals surface area contributed by atoms with Crippen molar-refractivity contribution >= 4 is 23.0 Å². The minimum Gasteiger partial charge on any atom is -0.481 e. The molecule has 0 bridgehead atoms. The number of carboxylic acids is 1. The van der Waals surface area contributed by atoms with Crippen LogP contribution >= 0.6 is 0 Å². The predicted molar refractivity (Wildman–Crippen MR) is 81.3 cm³/mol. The van der Waals surface area contributed by atoms with Gasteiger partial charge in [-0.15, -0.1) is 0 Å². The van der Waals surface area contributed by atoms with E-state index in [1.807, 2.05) is 30.3 Å². The van der Waals surface area contributed by atoms with Crippen molar-refractivity contribution in [3.63, 3.8) is 0 Å². The maximum Gasteiger partial charge on any atom is 0.308 e. The molecule has 1 aromatic carbocycles. The van der Waals surface area contributed by atoms with Crippen LogP contribution in [0.3, 0.4) is 0 Å². The van der Waals surface area contributed by atoms with Crippen LogP contribution in [-0.2, 0) is 4.79 Å². The third-order valence-corrected chi connectivity index (χ3v) is 3.52. The molecule has 7 nitrogen and oxygen atoms in total. The van der Waals surface area contributed by atoms with Crippen molar-refractivity contribution in [1.29, 1.82) is 0 Å². The van der Waals surface area contributed by atoms with Gasteiger partial charge in [-0.25, -0.2) is 4.98 Å². The molecule has 0 saturated carbocycles. The second kappa shape index (κ2) is 5.80. The van der Waals surface area contributed by atoms with Crippen LogP contribution in [-0.4, -0.2) is 31.2 Å². The molecule has 3 rings (SSSR count). The summed E-state index contributed by atoms with van der Waals surface area (Å²) >= 11 is 0. The SMILES string of the molecule is CC(C(=O)O)C(Nc1ncc2c[nH]nc2n1)c1ccccc1. The standard InChI is InChI=1S/C15H15N5O2/c1-9(14(21)22)12(10-5-3-2-4-6-10)18-15-16-7-11-8-17-20-13(11)19-15/h2-9,12H,1H3,(H,21,22)(H2,16,17,18,19,20). The fourth-order valence-corrected chi connectivity index (χ4v) is 2.25. The van der Waals surface area contributed by atoms with E-state index in [-0.39, 0.29) is 0 Å². The quantitative estimate of drug-likeness (QED) is 0.667. The minimum atomic E-state index is -0.887. The number of anilines is 1. The normalized spacial score (nSPS) is 13.7. The monoisotopic (exact) mass is 297 g/mol. The molecule has 22 heavy (non-hydrogen) atoms. The molecular weight excluding hydrogens is 282 g/mol. The number of benzene rings is 1. The van der Waals surface area contributed by atoms with Gasteiger partial charge in [-0.05, 0) is 12.5 Å². The molecule has 0 amide bonds. The summed E-state index contributed by atoms with van der Waals surface area (Å²) in [6.45, 7) is 1.65. The molecule has 2 atom stereocenters. The second-order valence-corrected chi connectivity index (χ2v) is 5.02. The van der Waals surface area contributed by atoms with Gasteiger partial charge in [-0.1, -0.05) is 30.3 Å². The van der Waals surface area contributed by atoms with Gasteiger partial charge >= 0.3 is 5.97 Å². The van der Waals surface area contributed by atoms with Crippen LogP contribution in [0.1, 0.15) is 18.5 Å². The van der Waals surface area contributed by atoms with Gasteiger partial charge in [0.25, 0.3) is 0 Å². The molecule has 0 radical (unpaired) electrons. The highest BCUT2D eigenvalue weighted by atomic mass is 16.4. The zero-order chi connectivity index (χ0) is 15.5. The minimum absolute atomic E-state index is 0.349. The lowest BCUT2D eigenvalue weighted by atomic mass is 9.95. The van der Waals surface area contributed by atoms with Gasteiger partial charge < -0.3 is 10.4 Å². The molecule has 0 fully saturated rings. The van der Waals surface area contributed by atoms with Crippen molar-refractivity contribution < 1.29 is 9.90 Å². The van der Waals surface area contributed by atoms with E-state index in [2.05, 4.69) is 25.5 Å². The van der Waals surface area contributed by atoms with E-state index in [0.29, 0.717) is 11.6 Å². The van der Waals surface area contributed by atoms with Gasteiger partial charge in [0.1, 0.15) is 0 Å². The zero-order valence-electron chi connectivity index (χ0n) is 11.9. The lowest BCUT2D eigenvalue weighted by Crippen LogP contribution is -2.26. The van der Waals surface area contributed by atoms with Crippen LogP contribution in [0.5, 0.6) is 0 Å². The summed E-state index contributed by atoms with van der Waals surface area (Å²) < 4.78 is 0. The van der Waals surface area contributed by atoms with Gasteiger partial charge in [-0.3, -0.25) is 9.89 Å². The molecule has 3 N–H and O–H groups in total. The van der Waals surface area contributed by atoms with Crippen LogP contribution in [0.2, 0.25) is 0 Å². The molecule has 2 aromatic heterocycles. The van der Waals surface area contributed by atoms with E-state index in [1.165, 1.54) is 0 Å². The zero-order valence-corrected chi connectivity index (χ0v) is 11.9.